The Hall–Kier alpha value is -1.15. The van der Waals surface area contributed by atoms with Crippen molar-refractivity contribution in [2.45, 2.75) is 40.5 Å². The molecule has 0 spiro atoms. The standard InChI is InChI=1S/C16H25NO/c1-6-7-8-17(5)11-15(18)16-13(3)9-12(2)10-14(16)4/h9-10H,6-8,11H2,1-5H3. The van der Waals surface area contributed by atoms with Crippen LogP contribution in [0, 0.1) is 20.8 Å². The van der Waals surface area contributed by atoms with Crippen LogP contribution in [0.2, 0.25) is 0 Å². The third kappa shape index (κ3) is 3.95. The van der Waals surface area contributed by atoms with Gasteiger partial charge in [0.2, 0.25) is 0 Å². The van der Waals surface area contributed by atoms with Gasteiger partial charge in [-0.15, -0.1) is 0 Å². The zero-order valence-corrected chi connectivity index (χ0v) is 12.3. The highest BCUT2D eigenvalue weighted by atomic mass is 16.1. The molecule has 0 saturated heterocycles. The van der Waals surface area contributed by atoms with Gasteiger partial charge >= 0.3 is 0 Å². The first-order valence-corrected chi connectivity index (χ1v) is 6.75. The van der Waals surface area contributed by atoms with E-state index in [0.29, 0.717) is 6.54 Å². The molecular formula is C16H25NO. The third-order valence-corrected chi connectivity index (χ3v) is 3.26. The molecule has 0 radical (unpaired) electrons. The van der Waals surface area contributed by atoms with E-state index >= 15 is 0 Å². The molecule has 1 aromatic carbocycles. The average Bonchev–Trinajstić information content (AvgIpc) is 2.24. The Balaban J connectivity index is 2.78. The zero-order chi connectivity index (χ0) is 13.7. The minimum absolute atomic E-state index is 0.239. The fourth-order valence-corrected chi connectivity index (χ4v) is 2.45. The number of hydrogen-bond donors (Lipinski definition) is 0. The molecule has 0 N–H and O–H groups in total. The molecule has 0 aromatic heterocycles. The number of benzene rings is 1. The molecule has 0 saturated carbocycles. The molecule has 0 amide bonds. The Bertz CT molecular complexity index is 400. The van der Waals surface area contributed by atoms with Crippen molar-refractivity contribution in [2.75, 3.05) is 20.1 Å². The molecule has 100 valence electrons. The van der Waals surface area contributed by atoms with Crippen molar-refractivity contribution >= 4 is 5.78 Å². The number of nitrogens with zero attached hydrogens (tertiary/aromatic N) is 1. The first-order valence-electron chi connectivity index (χ1n) is 6.75. The van der Waals surface area contributed by atoms with Crippen LogP contribution in [0.5, 0.6) is 0 Å². The summed E-state index contributed by atoms with van der Waals surface area (Å²) in [6.07, 6.45) is 2.32. The van der Waals surface area contributed by atoms with Gasteiger partial charge in [-0.05, 0) is 51.9 Å². The number of unbranched alkanes of at least 4 members (excludes halogenated alkanes) is 1. The maximum Gasteiger partial charge on any atom is 0.177 e. The van der Waals surface area contributed by atoms with E-state index in [1.165, 1.54) is 12.0 Å². The fourth-order valence-electron chi connectivity index (χ4n) is 2.45. The first kappa shape index (κ1) is 14.9. The highest BCUT2D eigenvalue weighted by molar-refractivity contribution is 6.00. The van der Waals surface area contributed by atoms with Crippen LogP contribution in [0.3, 0.4) is 0 Å². The zero-order valence-electron chi connectivity index (χ0n) is 12.3. The molecule has 1 rings (SSSR count). The number of likely N-dealkylation sites (N-methyl/N-ethyl adjacent to an activating group) is 1. The monoisotopic (exact) mass is 247 g/mol. The van der Waals surface area contributed by atoms with Crippen LogP contribution in [0.1, 0.15) is 46.8 Å². The highest BCUT2D eigenvalue weighted by Gasteiger charge is 2.14. The van der Waals surface area contributed by atoms with E-state index in [9.17, 15) is 4.79 Å². The Morgan fingerprint density at radius 1 is 1.17 bits per heavy atom. The van der Waals surface area contributed by atoms with Crippen molar-refractivity contribution in [1.82, 2.24) is 4.90 Å². The second-order valence-electron chi connectivity index (χ2n) is 5.29. The van der Waals surface area contributed by atoms with E-state index in [0.717, 1.165) is 29.7 Å². The van der Waals surface area contributed by atoms with Gasteiger partial charge in [-0.3, -0.25) is 9.69 Å². The van der Waals surface area contributed by atoms with Gasteiger partial charge < -0.3 is 0 Å². The van der Waals surface area contributed by atoms with Crippen LogP contribution in [0.15, 0.2) is 12.1 Å². The Morgan fingerprint density at radius 3 is 2.22 bits per heavy atom. The van der Waals surface area contributed by atoms with Gasteiger partial charge in [0.05, 0.1) is 6.54 Å². The molecule has 18 heavy (non-hydrogen) atoms. The van der Waals surface area contributed by atoms with Crippen LogP contribution in [0.25, 0.3) is 0 Å². The molecule has 0 atom stereocenters. The molecule has 0 unspecified atom stereocenters. The third-order valence-electron chi connectivity index (χ3n) is 3.26. The second kappa shape index (κ2) is 6.69. The summed E-state index contributed by atoms with van der Waals surface area (Å²) in [6.45, 7) is 9.81. The van der Waals surface area contributed by atoms with Crippen molar-refractivity contribution < 1.29 is 4.79 Å². The lowest BCUT2D eigenvalue weighted by atomic mass is 9.96. The molecule has 0 aliphatic rings. The molecule has 2 nitrogen and oxygen atoms in total. The number of rotatable bonds is 6. The van der Waals surface area contributed by atoms with Crippen LogP contribution >= 0.6 is 0 Å². The number of carbonyl (C=O) groups excluding carboxylic acids is 1. The molecular weight excluding hydrogens is 222 g/mol. The lowest BCUT2D eigenvalue weighted by Crippen LogP contribution is -2.27. The van der Waals surface area contributed by atoms with E-state index in [4.69, 9.17) is 0 Å². The van der Waals surface area contributed by atoms with Gasteiger partial charge in [0, 0.05) is 5.56 Å². The van der Waals surface area contributed by atoms with Gasteiger partial charge in [0.1, 0.15) is 0 Å². The predicted octanol–water partition coefficient (Wildman–Crippen LogP) is 3.53. The minimum Gasteiger partial charge on any atom is -0.299 e. The lowest BCUT2D eigenvalue weighted by Gasteiger charge is -2.17. The maximum atomic E-state index is 12.3. The summed E-state index contributed by atoms with van der Waals surface area (Å²) in [6, 6.07) is 4.18. The van der Waals surface area contributed by atoms with Crippen LogP contribution in [-0.2, 0) is 0 Å². The van der Waals surface area contributed by atoms with Crippen LogP contribution in [-0.4, -0.2) is 30.8 Å². The maximum absolute atomic E-state index is 12.3. The number of Topliss-reactive ketones (excluding diaryl/α,β-unsaturated/α-hetero) is 1. The lowest BCUT2D eigenvalue weighted by molar-refractivity contribution is 0.0944. The average molecular weight is 247 g/mol. The minimum atomic E-state index is 0.239. The highest BCUT2D eigenvalue weighted by Crippen LogP contribution is 2.17. The van der Waals surface area contributed by atoms with Gasteiger partial charge in [-0.1, -0.05) is 31.0 Å². The van der Waals surface area contributed by atoms with Crippen molar-refractivity contribution in [3.63, 3.8) is 0 Å². The number of carbonyl (C=O) groups is 1. The SMILES string of the molecule is CCCCN(C)CC(=O)c1c(C)cc(C)cc1C. The molecule has 0 aliphatic heterocycles. The second-order valence-corrected chi connectivity index (χ2v) is 5.29. The molecule has 0 bridgehead atoms. The largest absolute Gasteiger partial charge is 0.299 e. The fraction of sp³-hybridized carbons (Fsp3) is 0.562. The van der Waals surface area contributed by atoms with E-state index in [-0.39, 0.29) is 5.78 Å². The molecule has 0 fully saturated rings. The van der Waals surface area contributed by atoms with Gasteiger partial charge in [-0.2, -0.15) is 0 Å². The summed E-state index contributed by atoms with van der Waals surface area (Å²) in [5, 5.41) is 0. The Kier molecular flexibility index (Phi) is 5.54. The quantitative estimate of drug-likeness (QED) is 0.717. The molecule has 0 heterocycles. The number of ketones is 1. The van der Waals surface area contributed by atoms with Crippen molar-refractivity contribution in [3.05, 3.63) is 34.4 Å². The predicted molar refractivity (Wildman–Crippen MR) is 77.4 cm³/mol. The van der Waals surface area contributed by atoms with Crippen LogP contribution in [0.4, 0.5) is 0 Å². The smallest absolute Gasteiger partial charge is 0.177 e. The molecule has 1 aromatic rings. The first-order chi connectivity index (χ1) is 8.45. The van der Waals surface area contributed by atoms with Crippen molar-refractivity contribution in [2.24, 2.45) is 0 Å². The summed E-state index contributed by atoms with van der Waals surface area (Å²) < 4.78 is 0. The number of hydrogen-bond acceptors (Lipinski definition) is 2. The Labute approximate surface area is 111 Å². The van der Waals surface area contributed by atoms with E-state index in [2.05, 4.69) is 30.9 Å². The van der Waals surface area contributed by atoms with E-state index in [1.807, 2.05) is 20.9 Å². The summed E-state index contributed by atoms with van der Waals surface area (Å²) in [5.74, 6) is 0.239. The molecule has 0 aliphatic carbocycles. The normalized spacial score (nSPS) is 11.0. The topological polar surface area (TPSA) is 20.3 Å². The summed E-state index contributed by atoms with van der Waals surface area (Å²) >= 11 is 0. The van der Waals surface area contributed by atoms with Crippen molar-refractivity contribution in [3.8, 4) is 0 Å². The van der Waals surface area contributed by atoms with Gasteiger partial charge in [0.25, 0.3) is 0 Å². The summed E-state index contributed by atoms with van der Waals surface area (Å²) in [7, 11) is 2.02. The van der Waals surface area contributed by atoms with Gasteiger partial charge in [0.15, 0.2) is 5.78 Å². The Morgan fingerprint density at radius 2 is 1.72 bits per heavy atom. The van der Waals surface area contributed by atoms with E-state index in [1.54, 1.807) is 0 Å². The number of aryl methyl sites for hydroxylation is 3. The molecule has 2 heteroatoms. The summed E-state index contributed by atoms with van der Waals surface area (Å²) in [5.41, 5.74) is 4.33. The van der Waals surface area contributed by atoms with Gasteiger partial charge in [-0.25, -0.2) is 0 Å². The van der Waals surface area contributed by atoms with Crippen LogP contribution < -0.4 is 0 Å². The summed E-state index contributed by atoms with van der Waals surface area (Å²) in [4.78, 5) is 14.4. The van der Waals surface area contributed by atoms with E-state index < -0.39 is 0 Å². The van der Waals surface area contributed by atoms with Crippen molar-refractivity contribution in [1.29, 1.82) is 0 Å².